The van der Waals surface area contributed by atoms with Crippen LogP contribution in [0.2, 0.25) is 0 Å². The quantitative estimate of drug-likeness (QED) is 0.803. The Morgan fingerprint density at radius 2 is 1.90 bits per heavy atom. The van der Waals surface area contributed by atoms with Gasteiger partial charge in [-0.05, 0) is 37.3 Å². The fourth-order valence-corrected chi connectivity index (χ4v) is 2.61. The van der Waals surface area contributed by atoms with Gasteiger partial charge in [0.1, 0.15) is 18.2 Å². The molecule has 0 saturated heterocycles. The van der Waals surface area contributed by atoms with E-state index in [4.69, 9.17) is 4.74 Å². The van der Waals surface area contributed by atoms with Gasteiger partial charge in [0.25, 0.3) is 5.91 Å². The lowest BCUT2D eigenvalue weighted by Gasteiger charge is -2.27. The summed E-state index contributed by atoms with van der Waals surface area (Å²) in [5.41, 5.74) is 1.48. The maximum absolute atomic E-state index is 13.0. The number of fused-ring (bicyclic) bond motifs is 1. The summed E-state index contributed by atoms with van der Waals surface area (Å²) in [6, 6.07) is 13.3. The maximum Gasteiger partial charge on any atom is 0.254 e. The van der Waals surface area contributed by atoms with Crippen molar-refractivity contribution in [3.05, 3.63) is 65.5 Å². The van der Waals surface area contributed by atoms with Crippen LogP contribution in [0, 0.1) is 5.82 Å². The van der Waals surface area contributed by atoms with E-state index in [-0.39, 0.29) is 17.8 Å². The molecule has 1 aliphatic heterocycles. The number of amides is 1. The van der Waals surface area contributed by atoms with Crippen molar-refractivity contribution in [2.45, 2.75) is 13.0 Å². The van der Waals surface area contributed by atoms with Gasteiger partial charge in [0.15, 0.2) is 0 Å². The Balaban J connectivity index is 1.91. The van der Waals surface area contributed by atoms with E-state index < -0.39 is 0 Å². The summed E-state index contributed by atoms with van der Waals surface area (Å²) in [7, 11) is 0. The van der Waals surface area contributed by atoms with Gasteiger partial charge in [-0.3, -0.25) is 4.79 Å². The number of carbonyl (C=O) groups excluding carboxylic acids is 1. The fraction of sp³-hybridized carbons (Fsp3) is 0.235. The average molecular weight is 285 g/mol. The molecule has 0 aliphatic carbocycles. The number of rotatable bonds is 1. The molecule has 0 aromatic heterocycles. The molecule has 21 heavy (non-hydrogen) atoms. The van der Waals surface area contributed by atoms with Gasteiger partial charge in [-0.2, -0.15) is 0 Å². The molecule has 1 atom stereocenters. The molecule has 0 N–H and O–H groups in total. The Bertz CT molecular complexity index is 654. The standard InChI is InChI=1S/C17H16FNO2/c1-12-15-4-2-3-5-16(15)21-11-10-19(12)17(20)13-6-8-14(18)9-7-13/h2-9,12H,10-11H2,1H3. The summed E-state index contributed by atoms with van der Waals surface area (Å²) in [5, 5.41) is 0. The van der Waals surface area contributed by atoms with Crippen LogP contribution in [0.15, 0.2) is 48.5 Å². The minimum atomic E-state index is -0.343. The first-order chi connectivity index (χ1) is 10.2. The monoisotopic (exact) mass is 285 g/mol. The Morgan fingerprint density at radius 3 is 2.67 bits per heavy atom. The second-order valence-corrected chi connectivity index (χ2v) is 5.07. The third-order valence-electron chi connectivity index (χ3n) is 3.78. The van der Waals surface area contributed by atoms with Gasteiger partial charge in [-0.15, -0.1) is 0 Å². The van der Waals surface area contributed by atoms with Crippen molar-refractivity contribution in [3.63, 3.8) is 0 Å². The van der Waals surface area contributed by atoms with Crippen molar-refractivity contribution in [3.8, 4) is 5.75 Å². The highest BCUT2D eigenvalue weighted by Gasteiger charge is 2.27. The molecule has 0 fully saturated rings. The summed E-state index contributed by atoms with van der Waals surface area (Å²) in [6.07, 6.45) is 0. The Hall–Kier alpha value is -2.36. The largest absolute Gasteiger partial charge is 0.491 e. The first-order valence-electron chi connectivity index (χ1n) is 6.95. The minimum Gasteiger partial charge on any atom is -0.491 e. The molecule has 1 aliphatic rings. The SMILES string of the molecule is CC1c2ccccc2OCCN1C(=O)c1ccc(F)cc1. The molecular formula is C17H16FNO2. The summed E-state index contributed by atoms with van der Waals surface area (Å²) >= 11 is 0. The van der Waals surface area contributed by atoms with E-state index >= 15 is 0 Å². The minimum absolute atomic E-state index is 0.0822. The molecule has 2 aromatic carbocycles. The number of para-hydroxylation sites is 1. The second-order valence-electron chi connectivity index (χ2n) is 5.07. The van der Waals surface area contributed by atoms with E-state index in [2.05, 4.69) is 0 Å². The van der Waals surface area contributed by atoms with Gasteiger partial charge in [0, 0.05) is 11.1 Å². The lowest BCUT2D eigenvalue weighted by atomic mass is 10.0. The van der Waals surface area contributed by atoms with Crippen LogP contribution in [-0.4, -0.2) is 24.0 Å². The predicted octanol–water partition coefficient (Wildman–Crippen LogP) is 3.42. The summed E-state index contributed by atoms with van der Waals surface area (Å²) < 4.78 is 18.7. The van der Waals surface area contributed by atoms with Crippen LogP contribution in [0.25, 0.3) is 0 Å². The number of hydrogen-bond acceptors (Lipinski definition) is 2. The fourth-order valence-electron chi connectivity index (χ4n) is 2.61. The smallest absolute Gasteiger partial charge is 0.254 e. The zero-order valence-electron chi connectivity index (χ0n) is 11.8. The third kappa shape index (κ3) is 2.61. The van der Waals surface area contributed by atoms with Gasteiger partial charge in [-0.25, -0.2) is 4.39 Å². The molecule has 3 nitrogen and oxygen atoms in total. The molecule has 1 heterocycles. The van der Waals surface area contributed by atoms with E-state index in [9.17, 15) is 9.18 Å². The molecule has 3 rings (SSSR count). The first kappa shape index (κ1) is 13.6. The molecule has 0 bridgehead atoms. The number of benzene rings is 2. The van der Waals surface area contributed by atoms with E-state index in [0.717, 1.165) is 11.3 Å². The van der Waals surface area contributed by atoms with Crippen LogP contribution >= 0.6 is 0 Å². The lowest BCUT2D eigenvalue weighted by Crippen LogP contribution is -2.35. The predicted molar refractivity (Wildman–Crippen MR) is 77.8 cm³/mol. The molecule has 0 spiro atoms. The van der Waals surface area contributed by atoms with Crippen LogP contribution in [-0.2, 0) is 0 Å². The molecule has 4 heteroatoms. The summed E-state index contributed by atoms with van der Waals surface area (Å²) in [4.78, 5) is 14.4. The van der Waals surface area contributed by atoms with Crippen molar-refractivity contribution in [1.29, 1.82) is 0 Å². The van der Waals surface area contributed by atoms with E-state index in [1.165, 1.54) is 24.3 Å². The Morgan fingerprint density at radius 1 is 1.19 bits per heavy atom. The van der Waals surface area contributed by atoms with Crippen molar-refractivity contribution >= 4 is 5.91 Å². The van der Waals surface area contributed by atoms with Gasteiger partial charge < -0.3 is 9.64 Å². The summed E-state index contributed by atoms with van der Waals surface area (Å²) in [6.45, 7) is 2.94. The van der Waals surface area contributed by atoms with Crippen LogP contribution in [0.1, 0.15) is 28.9 Å². The number of carbonyl (C=O) groups is 1. The average Bonchev–Trinajstić information content (AvgIpc) is 2.67. The van der Waals surface area contributed by atoms with Crippen LogP contribution in [0.4, 0.5) is 4.39 Å². The van der Waals surface area contributed by atoms with Gasteiger partial charge >= 0.3 is 0 Å². The van der Waals surface area contributed by atoms with Crippen LogP contribution < -0.4 is 4.74 Å². The number of ether oxygens (including phenoxy) is 1. The first-order valence-corrected chi connectivity index (χ1v) is 6.95. The topological polar surface area (TPSA) is 29.5 Å². The van der Waals surface area contributed by atoms with Crippen LogP contribution in [0.5, 0.6) is 5.75 Å². The highest BCUT2D eigenvalue weighted by atomic mass is 19.1. The second kappa shape index (κ2) is 5.56. The van der Waals surface area contributed by atoms with Gasteiger partial charge in [-0.1, -0.05) is 18.2 Å². The molecule has 2 aromatic rings. The number of hydrogen-bond donors (Lipinski definition) is 0. The Kier molecular flexibility index (Phi) is 3.60. The molecule has 1 unspecified atom stereocenters. The third-order valence-corrected chi connectivity index (χ3v) is 3.78. The molecular weight excluding hydrogens is 269 g/mol. The highest BCUT2D eigenvalue weighted by molar-refractivity contribution is 5.94. The van der Waals surface area contributed by atoms with E-state index in [0.29, 0.717) is 18.7 Å². The van der Waals surface area contributed by atoms with Gasteiger partial charge in [0.05, 0.1) is 12.6 Å². The van der Waals surface area contributed by atoms with E-state index in [1.807, 2.05) is 31.2 Å². The van der Waals surface area contributed by atoms with Crippen molar-refractivity contribution in [2.75, 3.05) is 13.2 Å². The highest BCUT2D eigenvalue weighted by Crippen LogP contribution is 2.32. The van der Waals surface area contributed by atoms with Crippen molar-refractivity contribution < 1.29 is 13.9 Å². The molecule has 0 saturated carbocycles. The Labute approximate surface area is 123 Å². The number of halogens is 1. The molecule has 108 valence electrons. The molecule has 0 radical (unpaired) electrons. The van der Waals surface area contributed by atoms with Crippen molar-refractivity contribution in [1.82, 2.24) is 4.90 Å². The van der Waals surface area contributed by atoms with Gasteiger partial charge in [0.2, 0.25) is 0 Å². The van der Waals surface area contributed by atoms with Crippen LogP contribution in [0.3, 0.4) is 0 Å². The lowest BCUT2D eigenvalue weighted by molar-refractivity contribution is 0.0682. The zero-order chi connectivity index (χ0) is 14.8. The van der Waals surface area contributed by atoms with E-state index in [1.54, 1.807) is 4.90 Å². The molecule has 1 amide bonds. The maximum atomic E-state index is 13.0. The van der Waals surface area contributed by atoms with Crippen molar-refractivity contribution in [2.24, 2.45) is 0 Å². The number of nitrogens with zero attached hydrogens (tertiary/aromatic N) is 1. The summed E-state index contributed by atoms with van der Waals surface area (Å²) in [5.74, 6) is 0.367. The zero-order valence-corrected chi connectivity index (χ0v) is 11.8. The normalized spacial score (nSPS) is 17.6.